The predicted octanol–water partition coefficient (Wildman–Crippen LogP) is 3.44. The molecule has 1 rings (SSSR count). The van der Waals surface area contributed by atoms with Crippen LogP contribution in [0.15, 0.2) is 18.2 Å². The maximum Gasteiger partial charge on any atom is 0.417 e. The Balaban J connectivity index is 3.20. The van der Waals surface area contributed by atoms with Crippen molar-refractivity contribution in [3.63, 3.8) is 0 Å². The molecule has 1 nitrogen and oxygen atoms in total. The first-order chi connectivity index (χ1) is 7.18. The van der Waals surface area contributed by atoms with E-state index in [0.29, 0.717) is 18.2 Å². The van der Waals surface area contributed by atoms with Gasteiger partial charge >= 0.3 is 6.18 Å². The Bertz CT molecular complexity index is 388. The molecule has 90 valence electrons. The Labute approximate surface area is 92.5 Å². The average molecular weight is 261 g/mol. The number of benzene rings is 1. The quantitative estimate of drug-likeness (QED) is 0.808. The van der Waals surface area contributed by atoms with Crippen molar-refractivity contribution in [1.29, 1.82) is 0 Å². The minimum absolute atomic E-state index is 0.460. The van der Waals surface area contributed by atoms with Gasteiger partial charge < -0.3 is 5.11 Å². The monoisotopic (exact) mass is 260 g/mol. The van der Waals surface area contributed by atoms with Crippen LogP contribution in [0.4, 0.5) is 22.0 Å². The summed E-state index contributed by atoms with van der Waals surface area (Å²) in [7, 11) is 0. The zero-order chi connectivity index (χ0) is 12.6. The van der Waals surface area contributed by atoms with Gasteiger partial charge in [0.25, 0.3) is 5.92 Å². The summed E-state index contributed by atoms with van der Waals surface area (Å²) in [5, 5.41) is 7.53. The SMILES string of the molecule is OCC(F)(F)c1ccc(C(F)(F)F)c(Cl)c1. The molecule has 0 aliphatic heterocycles. The third kappa shape index (κ3) is 2.62. The van der Waals surface area contributed by atoms with E-state index in [2.05, 4.69) is 0 Å². The van der Waals surface area contributed by atoms with Crippen molar-refractivity contribution in [3.05, 3.63) is 34.3 Å². The summed E-state index contributed by atoms with van der Waals surface area (Å²) in [5.74, 6) is -3.60. The molecule has 0 amide bonds. The Morgan fingerprint density at radius 3 is 2.06 bits per heavy atom. The summed E-state index contributed by atoms with van der Waals surface area (Å²) in [6.07, 6.45) is -4.69. The van der Waals surface area contributed by atoms with Crippen LogP contribution in [0.1, 0.15) is 11.1 Å². The number of aliphatic hydroxyl groups is 1. The zero-order valence-corrected chi connectivity index (χ0v) is 8.41. The number of hydrogen-bond acceptors (Lipinski definition) is 1. The molecule has 0 atom stereocenters. The molecule has 0 fully saturated rings. The maximum absolute atomic E-state index is 12.9. The standard InChI is InChI=1S/C9H6ClF5O/c10-7-3-5(8(11,12)4-16)1-2-6(7)9(13,14)15/h1-3,16H,4H2. The molecular weight excluding hydrogens is 255 g/mol. The Hall–Kier alpha value is -0.880. The summed E-state index contributed by atoms with van der Waals surface area (Å²) in [4.78, 5) is 0. The van der Waals surface area contributed by atoms with E-state index in [4.69, 9.17) is 16.7 Å². The van der Waals surface area contributed by atoms with E-state index in [0.717, 1.165) is 0 Å². The maximum atomic E-state index is 12.9. The molecule has 16 heavy (non-hydrogen) atoms. The largest absolute Gasteiger partial charge is 0.417 e. The van der Waals surface area contributed by atoms with Crippen LogP contribution in [0.3, 0.4) is 0 Å². The van der Waals surface area contributed by atoms with Gasteiger partial charge in [-0.05, 0) is 12.1 Å². The highest BCUT2D eigenvalue weighted by molar-refractivity contribution is 6.31. The van der Waals surface area contributed by atoms with E-state index in [1.54, 1.807) is 0 Å². The Morgan fingerprint density at radius 1 is 1.12 bits per heavy atom. The molecule has 0 unspecified atom stereocenters. The lowest BCUT2D eigenvalue weighted by molar-refractivity contribution is -0.137. The van der Waals surface area contributed by atoms with E-state index < -0.39 is 34.9 Å². The van der Waals surface area contributed by atoms with E-state index in [9.17, 15) is 22.0 Å². The molecule has 0 spiro atoms. The first kappa shape index (κ1) is 13.2. The summed E-state index contributed by atoms with van der Waals surface area (Å²) in [6, 6.07) is 1.55. The van der Waals surface area contributed by atoms with E-state index in [1.165, 1.54) is 0 Å². The molecule has 1 aromatic rings. The van der Waals surface area contributed by atoms with Crippen LogP contribution in [0, 0.1) is 0 Å². The molecule has 0 saturated carbocycles. The number of rotatable bonds is 2. The van der Waals surface area contributed by atoms with Crippen LogP contribution in [0.25, 0.3) is 0 Å². The second kappa shape index (κ2) is 4.18. The smallest absolute Gasteiger partial charge is 0.390 e. The van der Waals surface area contributed by atoms with Gasteiger partial charge in [0.15, 0.2) is 0 Å². The number of hydrogen-bond donors (Lipinski definition) is 1. The van der Waals surface area contributed by atoms with Crippen LogP contribution in [-0.4, -0.2) is 11.7 Å². The normalized spacial score (nSPS) is 12.9. The van der Waals surface area contributed by atoms with Crippen LogP contribution in [0.5, 0.6) is 0 Å². The lowest BCUT2D eigenvalue weighted by Crippen LogP contribution is -2.19. The molecule has 0 aliphatic rings. The van der Waals surface area contributed by atoms with Crippen molar-refractivity contribution < 1.29 is 27.1 Å². The topological polar surface area (TPSA) is 20.2 Å². The summed E-state index contributed by atoms with van der Waals surface area (Å²) >= 11 is 5.24. The van der Waals surface area contributed by atoms with Gasteiger partial charge in [-0.1, -0.05) is 17.7 Å². The van der Waals surface area contributed by atoms with Crippen LogP contribution in [-0.2, 0) is 12.1 Å². The van der Waals surface area contributed by atoms with Crippen LogP contribution >= 0.6 is 11.6 Å². The first-order valence-corrected chi connectivity index (χ1v) is 4.42. The summed E-state index contributed by atoms with van der Waals surface area (Å²) in [5.41, 5.74) is -1.94. The third-order valence-corrected chi connectivity index (χ3v) is 2.21. The van der Waals surface area contributed by atoms with Crippen molar-refractivity contribution in [3.8, 4) is 0 Å². The molecule has 7 heteroatoms. The molecule has 0 aromatic heterocycles. The van der Waals surface area contributed by atoms with Crippen molar-refractivity contribution in [2.24, 2.45) is 0 Å². The second-order valence-corrected chi connectivity index (χ2v) is 3.46. The minimum Gasteiger partial charge on any atom is -0.390 e. The van der Waals surface area contributed by atoms with Crippen molar-refractivity contribution >= 4 is 11.6 Å². The molecule has 0 aliphatic carbocycles. The summed E-state index contributed by atoms with van der Waals surface area (Å²) in [6.45, 7) is -1.49. The predicted molar refractivity (Wildman–Crippen MR) is 47.4 cm³/mol. The molecule has 0 heterocycles. The van der Waals surface area contributed by atoms with Gasteiger partial charge in [-0.25, -0.2) is 0 Å². The lowest BCUT2D eigenvalue weighted by atomic mass is 10.1. The highest BCUT2D eigenvalue weighted by Gasteiger charge is 2.36. The minimum atomic E-state index is -4.69. The number of halogens is 6. The molecule has 0 bridgehead atoms. The fraction of sp³-hybridized carbons (Fsp3) is 0.333. The van der Waals surface area contributed by atoms with E-state index in [1.807, 2.05) is 0 Å². The van der Waals surface area contributed by atoms with E-state index >= 15 is 0 Å². The van der Waals surface area contributed by atoms with E-state index in [-0.39, 0.29) is 0 Å². The Kier molecular flexibility index (Phi) is 3.44. The number of alkyl halides is 5. The molecule has 0 radical (unpaired) electrons. The zero-order valence-electron chi connectivity index (χ0n) is 7.65. The van der Waals surface area contributed by atoms with Gasteiger partial charge in [0, 0.05) is 5.56 Å². The summed E-state index contributed by atoms with van der Waals surface area (Å²) < 4.78 is 62.5. The van der Waals surface area contributed by atoms with Gasteiger partial charge in [0.2, 0.25) is 0 Å². The number of aliphatic hydroxyl groups excluding tert-OH is 1. The average Bonchev–Trinajstić information content (AvgIpc) is 2.15. The van der Waals surface area contributed by atoms with Gasteiger partial charge in [0.05, 0.1) is 10.6 Å². The molecule has 1 N–H and O–H groups in total. The molecule has 1 aromatic carbocycles. The van der Waals surface area contributed by atoms with Gasteiger partial charge in [0.1, 0.15) is 6.61 Å². The van der Waals surface area contributed by atoms with Crippen molar-refractivity contribution in [2.75, 3.05) is 6.61 Å². The third-order valence-electron chi connectivity index (χ3n) is 1.90. The van der Waals surface area contributed by atoms with Crippen molar-refractivity contribution in [2.45, 2.75) is 12.1 Å². The van der Waals surface area contributed by atoms with Gasteiger partial charge in [-0.3, -0.25) is 0 Å². The molecule has 0 saturated heterocycles. The second-order valence-electron chi connectivity index (χ2n) is 3.05. The van der Waals surface area contributed by atoms with Crippen LogP contribution in [0.2, 0.25) is 5.02 Å². The fourth-order valence-electron chi connectivity index (χ4n) is 1.06. The van der Waals surface area contributed by atoms with Crippen molar-refractivity contribution in [1.82, 2.24) is 0 Å². The van der Waals surface area contributed by atoms with Gasteiger partial charge in [-0.15, -0.1) is 0 Å². The van der Waals surface area contributed by atoms with Crippen LogP contribution < -0.4 is 0 Å². The van der Waals surface area contributed by atoms with Gasteiger partial charge in [-0.2, -0.15) is 22.0 Å². The fourth-order valence-corrected chi connectivity index (χ4v) is 1.35. The molecular formula is C9H6ClF5O. The highest BCUT2D eigenvalue weighted by atomic mass is 35.5. The lowest BCUT2D eigenvalue weighted by Gasteiger charge is -2.15. The Morgan fingerprint density at radius 2 is 1.69 bits per heavy atom. The highest BCUT2D eigenvalue weighted by Crippen LogP contribution is 2.37. The first-order valence-electron chi connectivity index (χ1n) is 4.04.